The van der Waals surface area contributed by atoms with Gasteiger partial charge in [0.25, 0.3) is 5.91 Å². The number of benzene rings is 2. The second-order valence-corrected chi connectivity index (χ2v) is 7.87. The van der Waals surface area contributed by atoms with Crippen LogP contribution in [0.1, 0.15) is 29.5 Å². The maximum atomic E-state index is 13.0. The number of hydrogen-bond acceptors (Lipinski definition) is 3. The molecule has 2 saturated heterocycles. The summed E-state index contributed by atoms with van der Waals surface area (Å²) < 4.78 is 0. The zero-order chi connectivity index (χ0) is 20.4. The molecule has 1 spiro atoms. The van der Waals surface area contributed by atoms with E-state index in [9.17, 15) is 14.4 Å². The molecule has 0 bridgehead atoms. The van der Waals surface area contributed by atoms with Crippen LogP contribution in [-0.2, 0) is 22.6 Å². The average molecular weight is 391 g/mol. The van der Waals surface area contributed by atoms with E-state index in [1.165, 1.54) is 4.90 Å². The fourth-order valence-electron chi connectivity index (χ4n) is 4.15. The predicted octanol–water partition coefficient (Wildman–Crippen LogP) is 2.65. The Bertz CT molecular complexity index is 933. The van der Waals surface area contributed by atoms with Gasteiger partial charge in [0.2, 0.25) is 5.91 Å². The highest BCUT2D eigenvalue weighted by Gasteiger charge is 2.52. The van der Waals surface area contributed by atoms with Gasteiger partial charge in [0.05, 0.1) is 13.0 Å². The van der Waals surface area contributed by atoms with Crippen molar-refractivity contribution in [3.8, 4) is 0 Å². The Morgan fingerprint density at radius 1 is 1.00 bits per heavy atom. The van der Waals surface area contributed by atoms with Gasteiger partial charge in [-0.2, -0.15) is 0 Å². The van der Waals surface area contributed by atoms with Crippen LogP contribution in [0, 0.1) is 6.92 Å². The molecule has 2 aliphatic rings. The van der Waals surface area contributed by atoms with Crippen LogP contribution in [0.3, 0.4) is 0 Å². The number of urea groups is 1. The van der Waals surface area contributed by atoms with E-state index in [0.29, 0.717) is 32.4 Å². The number of rotatable bonds is 4. The molecule has 0 aliphatic carbocycles. The number of aryl methyl sites for hydroxylation is 1. The molecule has 29 heavy (non-hydrogen) atoms. The largest absolute Gasteiger partial charge is 0.342 e. The third-order valence-electron chi connectivity index (χ3n) is 6.00. The lowest BCUT2D eigenvalue weighted by molar-refractivity contribution is -0.138. The van der Waals surface area contributed by atoms with E-state index in [4.69, 9.17) is 0 Å². The first-order chi connectivity index (χ1) is 14.0. The van der Waals surface area contributed by atoms with Crippen LogP contribution in [0.15, 0.2) is 54.6 Å². The van der Waals surface area contributed by atoms with Crippen LogP contribution in [0.4, 0.5) is 4.79 Å². The van der Waals surface area contributed by atoms with E-state index in [1.54, 1.807) is 4.90 Å². The number of nitrogens with one attached hydrogen (secondary N) is 1. The molecule has 6 nitrogen and oxygen atoms in total. The van der Waals surface area contributed by atoms with Crippen molar-refractivity contribution in [3.05, 3.63) is 71.3 Å². The van der Waals surface area contributed by atoms with Crippen molar-refractivity contribution in [1.29, 1.82) is 0 Å². The molecule has 0 aromatic heterocycles. The average Bonchev–Trinajstić information content (AvgIpc) is 2.95. The summed E-state index contributed by atoms with van der Waals surface area (Å²) in [6.07, 6.45) is 1.25. The lowest BCUT2D eigenvalue weighted by Crippen LogP contribution is -2.56. The second kappa shape index (κ2) is 7.70. The van der Waals surface area contributed by atoms with Crippen molar-refractivity contribution in [3.63, 3.8) is 0 Å². The molecular weight excluding hydrogens is 366 g/mol. The van der Waals surface area contributed by atoms with Gasteiger partial charge in [0, 0.05) is 13.1 Å². The fraction of sp³-hybridized carbons (Fsp3) is 0.348. The van der Waals surface area contributed by atoms with Gasteiger partial charge in [0.1, 0.15) is 5.54 Å². The first-order valence-corrected chi connectivity index (χ1v) is 9.99. The van der Waals surface area contributed by atoms with E-state index in [0.717, 1.165) is 16.7 Å². The van der Waals surface area contributed by atoms with E-state index in [2.05, 4.69) is 5.32 Å². The van der Waals surface area contributed by atoms with Crippen molar-refractivity contribution in [1.82, 2.24) is 15.1 Å². The van der Waals surface area contributed by atoms with E-state index in [-0.39, 0.29) is 24.4 Å². The fourth-order valence-corrected chi connectivity index (χ4v) is 4.15. The lowest BCUT2D eigenvalue weighted by Gasteiger charge is -2.37. The Morgan fingerprint density at radius 3 is 2.34 bits per heavy atom. The van der Waals surface area contributed by atoms with Gasteiger partial charge in [-0.25, -0.2) is 4.79 Å². The summed E-state index contributed by atoms with van der Waals surface area (Å²) in [6.45, 7) is 3.21. The molecular formula is C23H25N3O3. The van der Waals surface area contributed by atoms with Gasteiger partial charge in [-0.3, -0.25) is 14.5 Å². The van der Waals surface area contributed by atoms with E-state index < -0.39 is 5.54 Å². The standard InChI is InChI=1S/C23H25N3O3/c1-17-7-5-6-10-19(17)15-20(27)25-13-11-23(12-14-25)21(28)26(22(29)24-23)16-18-8-3-2-4-9-18/h2-10H,11-16H2,1H3,(H,24,29). The van der Waals surface area contributed by atoms with Crippen LogP contribution in [0.5, 0.6) is 0 Å². The SMILES string of the molecule is Cc1ccccc1CC(=O)N1CCC2(CC1)NC(=O)N(Cc1ccccc1)C2=O. The minimum absolute atomic E-state index is 0.0621. The number of carbonyl (C=O) groups is 3. The topological polar surface area (TPSA) is 69.7 Å². The van der Waals surface area contributed by atoms with E-state index in [1.807, 2.05) is 61.5 Å². The molecule has 6 heteroatoms. The lowest BCUT2D eigenvalue weighted by atomic mass is 9.87. The third-order valence-corrected chi connectivity index (χ3v) is 6.00. The Labute approximate surface area is 170 Å². The minimum atomic E-state index is -0.884. The molecule has 1 N–H and O–H groups in total. The number of piperidine rings is 1. The van der Waals surface area contributed by atoms with Crippen molar-refractivity contribution in [2.75, 3.05) is 13.1 Å². The molecule has 0 unspecified atom stereocenters. The number of amides is 4. The molecule has 2 aliphatic heterocycles. The highest BCUT2D eigenvalue weighted by atomic mass is 16.2. The van der Waals surface area contributed by atoms with Gasteiger partial charge >= 0.3 is 6.03 Å². The molecule has 0 atom stereocenters. The summed E-state index contributed by atoms with van der Waals surface area (Å²) in [5.74, 6) is -0.121. The number of nitrogens with zero attached hydrogens (tertiary/aromatic N) is 2. The zero-order valence-electron chi connectivity index (χ0n) is 16.6. The van der Waals surface area contributed by atoms with Gasteiger partial charge in [-0.1, -0.05) is 54.6 Å². The van der Waals surface area contributed by atoms with Crippen LogP contribution < -0.4 is 5.32 Å². The van der Waals surface area contributed by atoms with Crippen LogP contribution in [-0.4, -0.2) is 46.3 Å². The second-order valence-electron chi connectivity index (χ2n) is 7.87. The van der Waals surface area contributed by atoms with Gasteiger partial charge in [0.15, 0.2) is 0 Å². The van der Waals surface area contributed by atoms with Crippen LogP contribution in [0.25, 0.3) is 0 Å². The number of carbonyl (C=O) groups excluding carboxylic acids is 3. The van der Waals surface area contributed by atoms with Crippen molar-refractivity contribution >= 4 is 17.8 Å². The van der Waals surface area contributed by atoms with Gasteiger partial charge in [-0.15, -0.1) is 0 Å². The summed E-state index contributed by atoms with van der Waals surface area (Å²) >= 11 is 0. The number of likely N-dealkylation sites (tertiary alicyclic amines) is 1. The molecule has 2 heterocycles. The quantitative estimate of drug-likeness (QED) is 0.815. The highest BCUT2D eigenvalue weighted by molar-refractivity contribution is 6.07. The summed E-state index contributed by atoms with van der Waals surface area (Å²) in [5, 5.41) is 2.91. The van der Waals surface area contributed by atoms with Gasteiger partial charge < -0.3 is 10.2 Å². The van der Waals surface area contributed by atoms with Crippen molar-refractivity contribution in [2.24, 2.45) is 0 Å². The Kier molecular flexibility index (Phi) is 5.09. The smallest absolute Gasteiger partial charge is 0.325 e. The molecule has 0 saturated carbocycles. The Balaban J connectivity index is 1.39. The molecule has 4 rings (SSSR count). The maximum Gasteiger partial charge on any atom is 0.325 e. The summed E-state index contributed by atoms with van der Waals surface area (Å²) in [6, 6.07) is 17.0. The molecule has 2 aromatic carbocycles. The molecule has 0 radical (unpaired) electrons. The number of hydrogen-bond donors (Lipinski definition) is 1. The zero-order valence-corrected chi connectivity index (χ0v) is 16.6. The Hall–Kier alpha value is -3.15. The molecule has 2 fully saturated rings. The highest BCUT2D eigenvalue weighted by Crippen LogP contribution is 2.30. The van der Waals surface area contributed by atoms with Gasteiger partial charge in [-0.05, 0) is 36.5 Å². The predicted molar refractivity (Wildman–Crippen MR) is 109 cm³/mol. The maximum absolute atomic E-state index is 13.0. The minimum Gasteiger partial charge on any atom is -0.342 e. The monoisotopic (exact) mass is 391 g/mol. The summed E-state index contributed by atoms with van der Waals surface area (Å²) in [7, 11) is 0. The normalized spacial score (nSPS) is 18.2. The molecule has 4 amide bonds. The van der Waals surface area contributed by atoms with E-state index >= 15 is 0 Å². The summed E-state index contributed by atoms with van der Waals surface area (Å²) in [4.78, 5) is 41.3. The third kappa shape index (κ3) is 3.75. The Morgan fingerprint density at radius 2 is 1.66 bits per heavy atom. The summed E-state index contributed by atoms with van der Waals surface area (Å²) in [5.41, 5.74) is 2.16. The van der Waals surface area contributed by atoms with Crippen molar-refractivity contribution in [2.45, 2.75) is 38.3 Å². The van der Waals surface area contributed by atoms with Crippen molar-refractivity contribution < 1.29 is 14.4 Å². The molecule has 150 valence electrons. The number of imide groups is 1. The first kappa shape index (κ1) is 19.2. The van der Waals surface area contributed by atoms with Crippen LogP contribution >= 0.6 is 0 Å². The molecule has 2 aromatic rings. The van der Waals surface area contributed by atoms with Crippen LogP contribution in [0.2, 0.25) is 0 Å². The first-order valence-electron chi connectivity index (χ1n) is 9.99.